The van der Waals surface area contributed by atoms with Crippen LogP contribution in [0.4, 0.5) is 11.4 Å². The molecule has 5 rings (SSSR count). The molecule has 0 radical (unpaired) electrons. The van der Waals surface area contributed by atoms with Gasteiger partial charge in [-0.1, -0.05) is 54.6 Å². The topological polar surface area (TPSA) is 190 Å². The molecule has 0 aliphatic carbocycles. The largest absolute Gasteiger partial charge is 1.00 e. The molecule has 0 atom stereocenters. The molecule has 0 bridgehead atoms. The normalized spacial score (nSPS) is 11.7. The van der Waals surface area contributed by atoms with Gasteiger partial charge < -0.3 is 14.9 Å². The zero-order valence-electron chi connectivity index (χ0n) is 30.2. The third-order valence-corrected chi connectivity index (χ3v) is 11.3. The summed E-state index contributed by atoms with van der Waals surface area (Å²) in [5, 5.41) is 10.2. The first-order chi connectivity index (χ1) is 24.5. The van der Waals surface area contributed by atoms with Crippen molar-refractivity contribution >= 4 is 41.7 Å². The van der Waals surface area contributed by atoms with Crippen molar-refractivity contribution in [1.82, 2.24) is 0 Å². The minimum atomic E-state index is -4.76. The van der Waals surface area contributed by atoms with Crippen LogP contribution >= 0.6 is 0 Å². The molecule has 0 heterocycles. The van der Waals surface area contributed by atoms with Crippen molar-refractivity contribution in [2.75, 3.05) is 22.9 Å². The summed E-state index contributed by atoms with van der Waals surface area (Å²) in [5.74, 6) is -1.06. The van der Waals surface area contributed by atoms with Crippen molar-refractivity contribution in [1.29, 1.82) is 0 Å². The molecule has 0 aliphatic rings. The predicted molar refractivity (Wildman–Crippen MR) is 198 cm³/mol. The van der Waals surface area contributed by atoms with Gasteiger partial charge in [-0.15, -0.1) is 0 Å². The maximum Gasteiger partial charge on any atom is 1.00 e. The molecule has 5 aromatic carbocycles. The maximum absolute atomic E-state index is 12.6. The van der Waals surface area contributed by atoms with E-state index in [9.17, 15) is 44.0 Å². The van der Waals surface area contributed by atoms with E-state index in [1.54, 1.807) is 24.3 Å². The summed E-state index contributed by atoms with van der Waals surface area (Å²) in [5.41, 5.74) is 4.47. The number of phenols is 1. The van der Waals surface area contributed by atoms with Crippen LogP contribution < -0.4 is 68.9 Å². The van der Waals surface area contributed by atoms with Gasteiger partial charge in [-0.25, -0.2) is 0 Å². The number of phenolic OH excluding ortho intramolecular Hbond substituents is 1. The smallest absolute Gasteiger partial charge is 0.508 e. The molecule has 0 fully saturated rings. The molecule has 0 amide bonds. The fourth-order valence-corrected chi connectivity index (χ4v) is 7.97. The van der Waals surface area contributed by atoms with Gasteiger partial charge in [0.1, 0.15) is 10.6 Å². The Morgan fingerprint density at radius 3 is 1.30 bits per heavy atom. The summed E-state index contributed by atoms with van der Waals surface area (Å²) in [6.45, 7) is 5.65. The van der Waals surface area contributed by atoms with Gasteiger partial charge in [-0.05, 0) is 96.3 Å². The zero-order valence-corrected chi connectivity index (χ0v) is 36.7. The Morgan fingerprint density at radius 1 is 0.537 bits per heavy atom. The van der Waals surface area contributed by atoms with Crippen molar-refractivity contribution in [3.63, 3.8) is 0 Å². The first-order valence-corrected chi connectivity index (χ1v) is 20.4. The minimum absolute atomic E-state index is 0. The molecule has 54 heavy (non-hydrogen) atoms. The molecule has 0 saturated carbocycles. The molecule has 0 aliphatic heterocycles. The Bertz CT molecular complexity index is 2270. The van der Waals surface area contributed by atoms with E-state index in [0.717, 1.165) is 17.4 Å². The third-order valence-electron chi connectivity index (χ3n) is 8.67. The molecule has 0 unspecified atom stereocenters. The Labute approximate surface area is 360 Å². The van der Waals surface area contributed by atoms with Crippen molar-refractivity contribution in [2.45, 2.75) is 47.5 Å². The molecular formula is C37H38N2Na2O10S3+2. The number of rotatable bonds is 14. The number of aromatic hydroxyl groups is 1. The quantitative estimate of drug-likeness (QED) is 0.0687. The van der Waals surface area contributed by atoms with Gasteiger partial charge in [0.15, 0.2) is 0 Å². The van der Waals surface area contributed by atoms with Crippen LogP contribution in [0.15, 0.2) is 130 Å². The molecular weight excluding hydrogens is 775 g/mol. The second-order valence-corrected chi connectivity index (χ2v) is 16.3. The summed E-state index contributed by atoms with van der Waals surface area (Å²) < 4.78 is 101. The van der Waals surface area contributed by atoms with Crippen LogP contribution in [0.1, 0.15) is 47.6 Å². The van der Waals surface area contributed by atoms with Gasteiger partial charge in [0.2, 0.25) is 0 Å². The summed E-state index contributed by atoms with van der Waals surface area (Å²) >= 11 is 0. The van der Waals surface area contributed by atoms with Gasteiger partial charge >= 0.3 is 59.1 Å². The maximum atomic E-state index is 12.6. The molecule has 17 heteroatoms. The Morgan fingerprint density at radius 2 is 0.944 bits per heavy atom. The van der Waals surface area contributed by atoms with E-state index in [-0.39, 0.29) is 80.2 Å². The summed E-state index contributed by atoms with van der Waals surface area (Å²) in [4.78, 5) is 3.12. The first kappa shape index (κ1) is 45.6. The molecule has 5 aromatic rings. The van der Waals surface area contributed by atoms with Crippen LogP contribution in [0.5, 0.6) is 5.75 Å². The first-order valence-electron chi connectivity index (χ1n) is 16.1. The standard InChI is InChI=1S/C37H38N2O10S3.2Na/c1-3-38(24-26-7-5-9-33(21-26)50(41,42)43)30-15-11-28(12-16-30)37(35-20-19-32(40)23-36(35)52(47,48)49)29-13-17-31(18-14-29)39(4-2)25-27-8-6-10-34(22-27)51(44,45)46;;/h5-23,37,40H,3-4,24-25H2,1-2H3,(H,41,42,43)(H,44,45,46)(H,47,48,49);;/q;2*+1. The predicted octanol–water partition coefficient (Wildman–Crippen LogP) is 0.374. The van der Waals surface area contributed by atoms with Crippen LogP contribution in [0.2, 0.25) is 0 Å². The molecule has 0 saturated heterocycles. The number of anilines is 2. The van der Waals surface area contributed by atoms with Gasteiger partial charge in [0.05, 0.1) is 9.79 Å². The third kappa shape index (κ3) is 11.4. The average molecular weight is 813 g/mol. The summed E-state index contributed by atoms with van der Waals surface area (Å²) in [6, 6.07) is 30.5. The fourth-order valence-electron chi connectivity index (χ4n) is 6.11. The average Bonchev–Trinajstić information content (AvgIpc) is 3.10. The monoisotopic (exact) mass is 812 g/mol. The number of nitrogens with zero attached hydrogens (tertiary/aromatic N) is 2. The van der Waals surface area contributed by atoms with Crippen LogP contribution in [0.25, 0.3) is 0 Å². The van der Waals surface area contributed by atoms with Gasteiger partial charge in [-0.2, -0.15) is 25.3 Å². The van der Waals surface area contributed by atoms with E-state index in [1.165, 1.54) is 36.4 Å². The van der Waals surface area contributed by atoms with Crippen LogP contribution in [-0.2, 0) is 43.4 Å². The van der Waals surface area contributed by atoms with Crippen molar-refractivity contribution in [2.24, 2.45) is 0 Å². The number of hydrogen-bond donors (Lipinski definition) is 4. The van der Waals surface area contributed by atoms with Crippen LogP contribution in [-0.4, -0.2) is 57.1 Å². The van der Waals surface area contributed by atoms with Crippen molar-refractivity contribution < 1.29 is 103 Å². The van der Waals surface area contributed by atoms with Crippen LogP contribution in [0, 0.1) is 0 Å². The second-order valence-electron chi connectivity index (χ2n) is 12.1. The SMILES string of the molecule is CCN(Cc1cccc(S(=O)(=O)O)c1)c1ccc(C(c2ccc(N(CC)Cc3cccc(S(=O)(=O)O)c3)cc2)c2ccc(O)cc2S(=O)(=O)O)cc1.[Na+].[Na+]. The molecule has 4 N–H and O–H groups in total. The van der Waals surface area contributed by atoms with E-state index in [0.29, 0.717) is 48.4 Å². The van der Waals surface area contributed by atoms with E-state index in [4.69, 9.17) is 0 Å². The molecule has 12 nitrogen and oxygen atoms in total. The van der Waals surface area contributed by atoms with E-state index < -0.39 is 41.2 Å². The summed E-state index contributed by atoms with van der Waals surface area (Å²) in [6.07, 6.45) is 0. The second kappa shape index (κ2) is 18.9. The summed E-state index contributed by atoms with van der Waals surface area (Å²) in [7, 11) is -13.5. The zero-order chi connectivity index (χ0) is 37.8. The Kier molecular flexibility index (Phi) is 16.0. The van der Waals surface area contributed by atoms with Gasteiger partial charge in [0, 0.05) is 49.5 Å². The van der Waals surface area contributed by atoms with E-state index in [2.05, 4.69) is 0 Å². The Hall–Kier alpha value is -2.77. The molecule has 0 spiro atoms. The van der Waals surface area contributed by atoms with Gasteiger partial charge in [0.25, 0.3) is 30.4 Å². The van der Waals surface area contributed by atoms with E-state index in [1.807, 2.05) is 72.2 Å². The fraction of sp³-hybridized carbons (Fsp3) is 0.189. The Balaban J connectivity index is 0.00000392. The van der Waals surface area contributed by atoms with Crippen LogP contribution in [0.3, 0.4) is 0 Å². The van der Waals surface area contributed by atoms with Crippen molar-refractivity contribution in [3.8, 4) is 5.75 Å². The van der Waals surface area contributed by atoms with Gasteiger partial charge in [-0.3, -0.25) is 13.7 Å². The minimum Gasteiger partial charge on any atom is -0.508 e. The number of hydrogen-bond acceptors (Lipinski definition) is 9. The molecule has 274 valence electrons. The van der Waals surface area contributed by atoms with Crippen molar-refractivity contribution in [3.05, 3.63) is 143 Å². The van der Waals surface area contributed by atoms with E-state index >= 15 is 0 Å². The molecule has 0 aromatic heterocycles. The number of benzene rings is 5.